The number of nitrogens with one attached hydrogen (secondary N) is 2. The molecular formula is C12H13FN2O3. The molecule has 1 aromatic heterocycles. The van der Waals surface area contributed by atoms with Gasteiger partial charge in [0.05, 0.1) is 12.6 Å². The van der Waals surface area contributed by atoms with Gasteiger partial charge < -0.3 is 20.1 Å². The van der Waals surface area contributed by atoms with E-state index in [2.05, 4.69) is 10.3 Å². The van der Waals surface area contributed by atoms with Crippen LogP contribution in [0.2, 0.25) is 0 Å². The van der Waals surface area contributed by atoms with Crippen molar-refractivity contribution >= 4 is 17.0 Å². The van der Waals surface area contributed by atoms with Crippen LogP contribution in [0, 0.1) is 5.82 Å². The van der Waals surface area contributed by atoms with Crippen LogP contribution >= 0.6 is 0 Å². The molecule has 2 rings (SSSR count). The van der Waals surface area contributed by atoms with Crippen molar-refractivity contribution in [3.05, 3.63) is 29.7 Å². The van der Waals surface area contributed by atoms with E-state index in [0.717, 1.165) is 5.56 Å². The quantitative estimate of drug-likeness (QED) is 0.780. The molecule has 0 unspecified atom stereocenters. The maximum atomic E-state index is 13.6. The number of methoxy groups -OCH3 is 1. The summed E-state index contributed by atoms with van der Waals surface area (Å²) in [6, 6.07) is 2.89. The zero-order chi connectivity index (χ0) is 13.1. The standard InChI is InChI=1S/C12H13FN2O3/c1-18-9-3-2-8(13)11-10(9)7(6-15-11)4-5-14-12(16)17/h2-3,6,14-15H,4-5H2,1H3,(H,16,17). The lowest BCUT2D eigenvalue weighted by Gasteiger charge is -2.05. The van der Waals surface area contributed by atoms with Crippen molar-refractivity contribution in [1.82, 2.24) is 10.3 Å². The highest BCUT2D eigenvalue weighted by atomic mass is 19.1. The Morgan fingerprint density at radius 2 is 2.33 bits per heavy atom. The van der Waals surface area contributed by atoms with Crippen molar-refractivity contribution in [1.29, 1.82) is 0 Å². The lowest BCUT2D eigenvalue weighted by molar-refractivity contribution is 0.194. The first-order chi connectivity index (χ1) is 8.63. The third-order valence-electron chi connectivity index (χ3n) is 2.72. The average molecular weight is 252 g/mol. The predicted octanol–water partition coefficient (Wildman–Crippen LogP) is 2.13. The number of H-pyrrole nitrogens is 1. The summed E-state index contributed by atoms with van der Waals surface area (Å²) in [7, 11) is 1.51. The summed E-state index contributed by atoms with van der Waals surface area (Å²) in [6.45, 7) is 0.266. The molecule has 0 aliphatic heterocycles. The van der Waals surface area contributed by atoms with Crippen molar-refractivity contribution in [2.45, 2.75) is 6.42 Å². The fourth-order valence-corrected chi connectivity index (χ4v) is 1.92. The van der Waals surface area contributed by atoms with Gasteiger partial charge in [-0.15, -0.1) is 0 Å². The second-order valence-electron chi connectivity index (χ2n) is 3.80. The fourth-order valence-electron chi connectivity index (χ4n) is 1.92. The summed E-state index contributed by atoms with van der Waals surface area (Å²) < 4.78 is 18.8. The van der Waals surface area contributed by atoms with Crippen LogP contribution in [0.4, 0.5) is 9.18 Å². The molecule has 18 heavy (non-hydrogen) atoms. The van der Waals surface area contributed by atoms with Crippen LogP contribution < -0.4 is 10.1 Å². The van der Waals surface area contributed by atoms with Crippen LogP contribution in [0.15, 0.2) is 18.3 Å². The second-order valence-corrected chi connectivity index (χ2v) is 3.80. The molecule has 0 radical (unpaired) electrons. The van der Waals surface area contributed by atoms with Gasteiger partial charge in [0.1, 0.15) is 11.6 Å². The Hall–Kier alpha value is -2.24. The Morgan fingerprint density at radius 3 is 3.00 bits per heavy atom. The molecule has 0 saturated heterocycles. The first kappa shape index (κ1) is 12.2. The molecule has 0 spiro atoms. The molecule has 0 saturated carbocycles. The SMILES string of the molecule is COc1ccc(F)c2[nH]cc(CCNC(=O)O)c12. The predicted molar refractivity (Wildman–Crippen MR) is 64.5 cm³/mol. The number of fused-ring (bicyclic) bond motifs is 1. The molecule has 0 fully saturated rings. The van der Waals surface area contributed by atoms with Crippen molar-refractivity contribution in [2.24, 2.45) is 0 Å². The molecule has 1 amide bonds. The first-order valence-corrected chi connectivity index (χ1v) is 5.42. The molecule has 6 heteroatoms. The topological polar surface area (TPSA) is 74.3 Å². The minimum Gasteiger partial charge on any atom is -0.496 e. The van der Waals surface area contributed by atoms with E-state index in [1.54, 1.807) is 12.3 Å². The Kier molecular flexibility index (Phi) is 3.36. The van der Waals surface area contributed by atoms with Crippen LogP contribution in [0.5, 0.6) is 5.75 Å². The summed E-state index contributed by atoms with van der Waals surface area (Å²) in [6.07, 6.45) is 1.05. The average Bonchev–Trinajstić information content (AvgIpc) is 2.75. The molecule has 1 aromatic carbocycles. The molecule has 0 aliphatic carbocycles. The Bertz CT molecular complexity index is 580. The van der Waals surface area contributed by atoms with E-state index in [1.807, 2.05) is 0 Å². The number of aromatic amines is 1. The van der Waals surface area contributed by atoms with Crippen LogP contribution in [0.3, 0.4) is 0 Å². The van der Waals surface area contributed by atoms with Crippen LogP contribution in [0.1, 0.15) is 5.56 Å². The van der Waals surface area contributed by atoms with Gasteiger partial charge in [-0.1, -0.05) is 0 Å². The number of benzene rings is 1. The third-order valence-corrected chi connectivity index (χ3v) is 2.72. The molecule has 0 aliphatic rings. The second kappa shape index (κ2) is 4.95. The Morgan fingerprint density at radius 1 is 1.56 bits per heavy atom. The highest BCUT2D eigenvalue weighted by Gasteiger charge is 2.12. The van der Waals surface area contributed by atoms with E-state index in [0.29, 0.717) is 23.1 Å². The summed E-state index contributed by atoms with van der Waals surface area (Å²) >= 11 is 0. The lowest BCUT2D eigenvalue weighted by Crippen LogP contribution is -2.23. The highest BCUT2D eigenvalue weighted by Crippen LogP contribution is 2.30. The van der Waals surface area contributed by atoms with Gasteiger partial charge in [0.15, 0.2) is 0 Å². The molecule has 0 bridgehead atoms. The van der Waals surface area contributed by atoms with E-state index in [-0.39, 0.29) is 12.4 Å². The van der Waals surface area contributed by atoms with E-state index < -0.39 is 6.09 Å². The van der Waals surface area contributed by atoms with Gasteiger partial charge in [0.25, 0.3) is 0 Å². The Labute approximate surface area is 103 Å². The van der Waals surface area contributed by atoms with E-state index >= 15 is 0 Å². The molecular weight excluding hydrogens is 239 g/mol. The smallest absolute Gasteiger partial charge is 0.404 e. The number of hydrogen-bond donors (Lipinski definition) is 3. The van der Waals surface area contributed by atoms with E-state index in [9.17, 15) is 9.18 Å². The van der Waals surface area contributed by atoms with Crippen molar-refractivity contribution in [2.75, 3.05) is 13.7 Å². The first-order valence-electron chi connectivity index (χ1n) is 5.42. The maximum absolute atomic E-state index is 13.6. The third kappa shape index (κ3) is 2.22. The van der Waals surface area contributed by atoms with Gasteiger partial charge in [0, 0.05) is 18.1 Å². The monoisotopic (exact) mass is 252 g/mol. The minimum absolute atomic E-state index is 0.266. The molecule has 3 N–H and O–H groups in total. The molecule has 0 atom stereocenters. The van der Waals surface area contributed by atoms with Gasteiger partial charge in [0.2, 0.25) is 0 Å². The fraction of sp³-hybridized carbons (Fsp3) is 0.250. The van der Waals surface area contributed by atoms with Crippen LogP contribution in [-0.2, 0) is 6.42 Å². The van der Waals surface area contributed by atoms with Crippen LogP contribution in [0.25, 0.3) is 10.9 Å². The number of ether oxygens (including phenoxy) is 1. The number of carboxylic acid groups (broad SMARTS) is 1. The van der Waals surface area contributed by atoms with Gasteiger partial charge in [-0.05, 0) is 24.1 Å². The van der Waals surface area contributed by atoms with Gasteiger partial charge in [-0.3, -0.25) is 0 Å². The van der Waals surface area contributed by atoms with Crippen molar-refractivity contribution < 1.29 is 19.0 Å². The van der Waals surface area contributed by atoms with Gasteiger partial charge >= 0.3 is 6.09 Å². The van der Waals surface area contributed by atoms with Crippen molar-refractivity contribution in [3.63, 3.8) is 0 Å². The summed E-state index contributed by atoms with van der Waals surface area (Å²) in [5, 5.41) is 11.4. The molecule has 5 nitrogen and oxygen atoms in total. The lowest BCUT2D eigenvalue weighted by atomic mass is 10.1. The molecule has 96 valence electrons. The maximum Gasteiger partial charge on any atom is 0.404 e. The van der Waals surface area contributed by atoms with E-state index in [1.165, 1.54) is 13.2 Å². The summed E-state index contributed by atoms with van der Waals surface area (Å²) in [4.78, 5) is 13.2. The van der Waals surface area contributed by atoms with E-state index in [4.69, 9.17) is 9.84 Å². The van der Waals surface area contributed by atoms with Crippen LogP contribution in [-0.4, -0.2) is 29.8 Å². The number of hydrogen-bond acceptors (Lipinski definition) is 2. The zero-order valence-electron chi connectivity index (χ0n) is 9.79. The minimum atomic E-state index is -1.08. The largest absolute Gasteiger partial charge is 0.496 e. The van der Waals surface area contributed by atoms with Gasteiger partial charge in [-0.25, -0.2) is 9.18 Å². The number of carbonyl (C=O) groups is 1. The summed E-state index contributed by atoms with van der Waals surface area (Å²) in [5.41, 5.74) is 1.19. The Balaban J connectivity index is 2.33. The van der Waals surface area contributed by atoms with Crippen molar-refractivity contribution in [3.8, 4) is 5.75 Å². The summed E-state index contributed by atoms with van der Waals surface area (Å²) in [5.74, 6) is 0.209. The normalized spacial score (nSPS) is 10.6. The van der Waals surface area contributed by atoms with Gasteiger partial charge in [-0.2, -0.15) is 0 Å². The molecule has 2 aromatic rings. The number of halogens is 1. The number of rotatable bonds is 4. The highest BCUT2D eigenvalue weighted by molar-refractivity contribution is 5.89. The number of amides is 1. The molecule has 1 heterocycles. The zero-order valence-corrected chi connectivity index (χ0v) is 9.79. The number of aromatic nitrogens is 1.